The smallest absolute Gasteiger partial charge is 0.329 e. The lowest BCUT2D eigenvalue weighted by atomic mass is 10.2. The fraction of sp³-hybridized carbons (Fsp3) is 0.136. The van der Waals surface area contributed by atoms with Crippen LogP contribution >= 0.6 is 11.6 Å². The number of hydrazone groups is 1. The molecule has 8 heteroatoms. The van der Waals surface area contributed by atoms with Gasteiger partial charge in [0.05, 0.1) is 19.0 Å². The molecule has 0 unspecified atom stereocenters. The maximum Gasteiger partial charge on any atom is 0.329 e. The Kier molecular flexibility index (Phi) is 6.54. The van der Waals surface area contributed by atoms with Crippen molar-refractivity contribution in [2.24, 2.45) is 5.10 Å². The normalized spacial score (nSPS) is 10.8. The van der Waals surface area contributed by atoms with Gasteiger partial charge in [0.1, 0.15) is 5.75 Å². The number of hydrogen-bond donors (Lipinski definition) is 2. The molecule has 0 fully saturated rings. The molecule has 154 valence electrons. The number of carbonyl (C=O) groups excluding carboxylic acids is 2. The molecule has 2 amide bonds. The molecular formula is C22H21ClN4O3. The Morgan fingerprint density at radius 1 is 1.07 bits per heavy atom. The minimum Gasteiger partial charge on any atom is -0.495 e. The van der Waals surface area contributed by atoms with Gasteiger partial charge >= 0.3 is 11.8 Å². The minimum absolute atomic E-state index is 0.292. The average Bonchev–Trinajstić information content (AvgIpc) is 3.02. The second-order valence-electron chi connectivity index (χ2n) is 6.50. The molecule has 0 spiro atoms. The number of ether oxygens (including phenoxy) is 1. The summed E-state index contributed by atoms with van der Waals surface area (Å²) in [7, 11) is 1.45. The lowest BCUT2D eigenvalue weighted by Crippen LogP contribution is -2.32. The summed E-state index contributed by atoms with van der Waals surface area (Å²) in [4.78, 5) is 24.2. The largest absolute Gasteiger partial charge is 0.495 e. The maximum atomic E-state index is 12.1. The van der Waals surface area contributed by atoms with Gasteiger partial charge in [-0.05, 0) is 50.2 Å². The Bertz CT molecular complexity index is 1110. The summed E-state index contributed by atoms with van der Waals surface area (Å²) < 4.78 is 7.23. The minimum atomic E-state index is -0.912. The number of rotatable bonds is 5. The van der Waals surface area contributed by atoms with Gasteiger partial charge in [0.25, 0.3) is 0 Å². The van der Waals surface area contributed by atoms with E-state index in [1.807, 2.05) is 50.2 Å². The Balaban J connectivity index is 1.68. The third-order valence-corrected chi connectivity index (χ3v) is 4.71. The van der Waals surface area contributed by atoms with Crippen molar-refractivity contribution < 1.29 is 14.3 Å². The number of aryl methyl sites for hydroxylation is 1. The van der Waals surface area contributed by atoms with Gasteiger partial charge in [0.2, 0.25) is 0 Å². The Morgan fingerprint density at radius 3 is 2.50 bits per heavy atom. The summed E-state index contributed by atoms with van der Waals surface area (Å²) in [6.07, 6.45) is 1.51. The van der Waals surface area contributed by atoms with Crippen LogP contribution in [0.3, 0.4) is 0 Å². The fourth-order valence-corrected chi connectivity index (χ4v) is 3.23. The molecule has 0 radical (unpaired) electrons. The number of benzene rings is 2. The monoisotopic (exact) mass is 424 g/mol. The number of carbonyl (C=O) groups is 2. The third kappa shape index (κ3) is 4.69. The zero-order chi connectivity index (χ0) is 21.7. The first-order valence-electron chi connectivity index (χ1n) is 9.13. The standard InChI is InChI=1S/C22H21ClN4O3/c1-14-11-16(15(2)27(14)18-7-5-4-6-8-18)13-24-26-22(29)21(28)25-19-12-17(23)9-10-20(19)30-3/h4-13H,1-3H3,(H,25,28)(H,26,29)/b24-13-. The van der Waals surface area contributed by atoms with Crippen molar-refractivity contribution in [2.75, 3.05) is 12.4 Å². The first kappa shape index (κ1) is 21.1. The summed E-state index contributed by atoms with van der Waals surface area (Å²) in [6, 6.07) is 16.6. The molecule has 1 heterocycles. The number of halogens is 1. The Hall–Kier alpha value is -3.58. The molecule has 0 aliphatic rings. The SMILES string of the molecule is COc1ccc(Cl)cc1NC(=O)C(=O)N/N=C\c1cc(C)n(-c2ccccc2)c1C. The lowest BCUT2D eigenvalue weighted by molar-refractivity contribution is -0.136. The molecule has 0 saturated carbocycles. The number of methoxy groups -OCH3 is 1. The van der Waals surface area contributed by atoms with Crippen LogP contribution in [-0.4, -0.2) is 29.7 Å². The van der Waals surface area contributed by atoms with E-state index in [0.29, 0.717) is 16.5 Å². The van der Waals surface area contributed by atoms with Crippen molar-refractivity contribution in [1.82, 2.24) is 9.99 Å². The number of hydrogen-bond acceptors (Lipinski definition) is 4. The molecule has 2 aromatic carbocycles. The van der Waals surface area contributed by atoms with Gasteiger partial charge in [-0.1, -0.05) is 29.8 Å². The number of aromatic nitrogens is 1. The van der Waals surface area contributed by atoms with Crippen molar-refractivity contribution in [2.45, 2.75) is 13.8 Å². The summed E-state index contributed by atoms with van der Waals surface area (Å²) in [5.74, 6) is -1.41. The van der Waals surface area contributed by atoms with E-state index >= 15 is 0 Å². The summed E-state index contributed by atoms with van der Waals surface area (Å²) >= 11 is 5.93. The van der Waals surface area contributed by atoms with E-state index in [0.717, 1.165) is 22.6 Å². The average molecular weight is 425 g/mol. The first-order valence-corrected chi connectivity index (χ1v) is 9.50. The van der Waals surface area contributed by atoms with E-state index in [2.05, 4.69) is 20.4 Å². The lowest BCUT2D eigenvalue weighted by Gasteiger charge is -2.09. The third-order valence-electron chi connectivity index (χ3n) is 4.47. The predicted octanol–water partition coefficient (Wildman–Crippen LogP) is 3.84. The van der Waals surface area contributed by atoms with Crippen LogP contribution in [0.1, 0.15) is 17.0 Å². The number of amides is 2. The van der Waals surface area contributed by atoms with Crippen LogP contribution in [0.4, 0.5) is 5.69 Å². The van der Waals surface area contributed by atoms with Crippen LogP contribution in [0, 0.1) is 13.8 Å². The molecule has 30 heavy (non-hydrogen) atoms. The van der Waals surface area contributed by atoms with Crippen molar-refractivity contribution in [1.29, 1.82) is 0 Å². The highest BCUT2D eigenvalue weighted by atomic mass is 35.5. The fourth-order valence-electron chi connectivity index (χ4n) is 3.06. The number of para-hydroxylation sites is 1. The Labute approximate surface area is 179 Å². The molecule has 3 rings (SSSR count). The second-order valence-corrected chi connectivity index (χ2v) is 6.93. The van der Waals surface area contributed by atoms with Crippen LogP contribution in [-0.2, 0) is 9.59 Å². The quantitative estimate of drug-likeness (QED) is 0.370. The highest BCUT2D eigenvalue weighted by Gasteiger charge is 2.16. The topological polar surface area (TPSA) is 84.7 Å². The van der Waals surface area contributed by atoms with E-state index in [-0.39, 0.29) is 0 Å². The predicted molar refractivity (Wildman–Crippen MR) is 118 cm³/mol. The van der Waals surface area contributed by atoms with E-state index in [9.17, 15) is 9.59 Å². The zero-order valence-corrected chi connectivity index (χ0v) is 17.5. The molecule has 0 aliphatic carbocycles. The van der Waals surface area contributed by atoms with Gasteiger partial charge in [-0.3, -0.25) is 9.59 Å². The van der Waals surface area contributed by atoms with E-state index < -0.39 is 11.8 Å². The van der Waals surface area contributed by atoms with Crippen LogP contribution in [0.2, 0.25) is 5.02 Å². The van der Waals surface area contributed by atoms with Gasteiger partial charge in [0.15, 0.2) is 0 Å². The van der Waals surface area contributed by atoms with Gasteiger partial charge in [0, 0.05) is 27.7 Å². The number of nitrogens with zero attached hydrogens (tertiary/aromatic N) is 2. The van der Waals surface area contributed by atoms with E-state index in [4.69, 9.17) is 16.3 Å². The van der Waals surface area contributed by atoms with Crippen LogP contribution in [0.15, 0.2) is 59.7 Å². The molecular weight excluding hydrogens is 404 g/mol. The molecule has 0 bridgehead atoms. The van der Waals surface area contributed by atoms with Crippen LogP contribution < -0.4 is 15.5 Å². The number of nitrogens with one attached hydrogen (secondary N) is 2. The molecule has 2 N–H and O–H groups in total. The molecule has 1 aromatic heterocycles. The summed E-state index contributed by atoms with van der Waals surface area (Å²) in [5, 5.41) is 6.78. The van der Waals surface area contributed by atoms with Crippen molar-refractivity contribution in [3.63, 3.8) is 0 Å². The highest BCUT2D eigenvalue weighted by molar-refractivity contribution is 6.40. The highest BCUT2D eigenvalue weighted by Crippen LogP contribution is 2.27. The maximum absolute atomic E-state index is 12.1. The van der Waals surface area contributed by atoms with E-state index in [1.165, 1.54) is 19.4 Å². The van der Waals surface area contributed by atoms with Gasteiger partial charge < -0.3 is 14.6 Å². The van der Waals surface area contributed by atoms with Gasteiger partial charge in [-0.15, -0.1) is 0 Å². The molecule has 7 nitrogen and oxygen atoms in total. The van der Waals surface area contributed by atoms with E-state index in [1.54, 1.807) is 12.1 Å². The molecule has 0 atom stereocenters. The Morgan fingerprint density at radius 2 is 1.80 bits per heavy atom. The second kappa shape index (κ2) is 9.28. The molecule has 3 aromatic rings. The van der Waals surface area contributed by atoms with Crippen molar-refractivity contribution >= 4 is 35.3 Å². The molecule has 0 saturated heterocycles. The molecule has 0 aliphatic heterocycles. The zero-order valence-electron chi connectivity index (χ0n) is 16.8. The summed E-state index contributed by atoms with van der Waals surface area (Å²) in [6.45, 7) is 3.95. The van der Waals surface area contributed by atoms with Crippen molar-refractivity contribution in [3.05, 3.63) is 76.6 Å². The number of anilines is 1. The van der Waals surface area contributed by atoms with Crippen LogP contribution in [0.5, 0.6) is 5.75 Å². The summed E-state index contributed by atoms with van der Waals surface area (Å²) in [5.41, 5.74) is 6.38. The first-order chi connectivity index (χ1) is 14.4. The van der Waals surface area contributed by atoms with Gasteiger partial charge in [-0.25, -0.2) is 5.43 Å². The van der Waals surface area contributed by atoms with Crippen LogP contribution in [0.25, 0.3) is 5.69 Å². The van der Waals surface area contributed by atoms with Gasteiger partial charge in [-0.2, -0.15) is 5.10 Å². The van der Waals surface area contributed by atoms with Crippen molar-refractivity contribution in [3.8, 4) is 11.4 Å².